The van der Waals surface area contributed by atoms with E-state index >= 15 is 0 Å². The molecule has 11 heteroatoms. The summed E-state index contributed by atoms with van der Waals surface area (Å²) in [6.45, 7) is 9.30. The second kappa shape index (κ2) is 13.5. The number of nitrogens with one attached hydrogen (secondary N) is 2. The molecule has 0 atom stereocenters. The largest absolute Gasteiger partial charge is 0.490 e. The molecule has 8 nitrogen and oxygen atoms in total. The summed E-state index contributed by atoms with van der Waals surface area (Å²) in [7, 11) is 0. The molecular formula is C29H35F3N4O4. The summed E-state index contributed by atoms with van der Waals surface area (Å²) in [4.78, 5) is 42.5. The molecule has 1 fully saturated rings. The number of fused-ring (bicyclic) bond motifs is 1. The van der Waals surface area contributed by atoms with Crippen molar-refractivity contribution in [1.29, 1.82) is 0 Å². The van der Waals surface area contributed by atoms with Crippen LogP contribution in [0.3, 0.4) is 0 Å². The van der Waals surface area contributed by atoms with E-state index in [1.807, 2.05) is 61.7 Å². The van der Waals surface area contributed by atoms with Crippen LogP contribution in [0.15, 0.2) is 54.7 Å². The molecule has 3 aromatic rings. The van der Waals surface area contributed by atoms with Gasteiger partial charge in [0.2, 0.25) is 5.91 Å². The normalized spacial score (nSPS) is 14.5. The van der Waals surface area contributed by atoms with Crippen LogP contribution in [0.25, 0.3) is 10.9 Å². The number of nitrogens with zero attached hydrogens (tertiary/aromatic N) is 2. The molecule has 1 saturated heterocycles. The number of alkyl halides is 3. The van der Waals surface area contributed by atoms with Crippen molar-refractivity contribution in [3.8, 4) is 0 Å². The predicted octanol–water partition coefficient (Wildman–Crippen LogP) is 4.99. The van der Waals surface area contributed by atoms with Crippen LogP contribution in [-0.2, 0) is 9.59 Å². The van der Waals surface area contributed by atoms with Crippen LogP contribution in [0, 0.1) is 12.8 Å². The van der Waals surface area contributed by atoms with E-state index < -0.39 is 12.1 Å². The molecule has 1 aromatic heterocycles. The number of hydrogen-bond donors (Lipinski definition) is 3. The van der Waals surface area contributed by atoms with Gasteiger partial charge in [-0.3, -0.25) is 14.5 Å². The zero-order valence-electron chi connectivity index (χ0n) is 22.8. The number of benzene rings is 2. The van der Waals surface area contributed by atoms with Crippen molar-refractivity contribution in [1.82, 2.24) is 15.2 Å². The Labute approximate surface area is 231 Å². The molecule has 3 N–H and O–H groups in total. The Morgan fingerprint density at radius 3 is 2.30 bits per heavy atom. The first-order chi connectivity index (χ1) is 18.9. The van der Waals surface area contributed by atoms with Gasteiger partial charge in [0.1, 0.15) is 6.54 Å². The Morgan fingerprint density at radius 2 is 1.73 bits per heavy atom. The van der Waals surface area contributed by atoms with E-state index in [0.29, 0.717) is 29.8 Å². The maximum atomic E-state index is 13.5. The minimum absolute atomic E-state index is 0.00449. The highest BCUT2D eigenvalue weighted by Gasteiger charge is 2.38. The fraction of sp³-hybridized carbons (Fsp3) is 0.414. The van der Waals surface area contributed by atoms with Gasteiger partial charge in [0.15, 0.2) is 0 Å². The fourth-order valence-electron chi connectivity index (χ4n) is 4.58. The Hall–Kier alpha value is -3.86. The quantitative estimate of drug-likeness (QED) is 0.378. The van der Waals surface area contributed by atoms with Crippen molar-refractivity contribution in [2.75, 3.05) is 31.1 Å². The number of carbonyl (C=O) groups is 3. The van der Waals surface area contributed by atoms with Crippen LogP contribution in [0.2, 0.25) is 0 Å². The Morgan fingerprint density at radius 1 is 1.10 bits per heavy atom. The number of para-hydroxylation sites is 1. The molecule has 0 unspecified atom stereocenters. The second-order valence-electron chi connectivity index (χ2n) is 10.1. The second-order valence-corrected chi connectivity index (χ2v) is 10.1. The van der Waals surface area contributed by atoms with Crippen LogP contribution in [0.5, 0.6) is 0 Å². The number of piperidine rings is 1. The zero-order chi connectivity index (χ0) is 29.4. The van der Waals surface area contributed by atoms with Gasteiger partial charge in [-0.15, -0.1) is 0 Å². The highest BCUT2D eigenvalue weighted by molar-refractivity contribution is 6.10. The summed E-state index contributed by atoms with van der Waals surface area (Å²) < 4.78 is 31.7. The third-order valence-corrected chi connectivity index (χ3v) is 6.96. The number of aromatic amines is 1. The van der Waals surface area contributed by atoms with Gasteiger partial charge in [-0.1, -0.05) is 24.3 Å². The summed E-state index contributed by atoms with van der Waals surface area (Å²) in [6.07, 6.45) is -0.961. The molecule has 0 spiro atoms. The van der Waals surface area contributed by atoms with Crippen molar-refractivity contribution in [2.45, 2.75) is 45.8 Å². The van der Waals surface area contributed by atoms with Gasteiger partial charge in [0.25, 0.3) is 5.91 Å². The number of rotatable bonds is 7. The molecule has 216 valence electrons. The average molecular weight is 561 g/mol. The van der Waals surface area contributed by atoms with E-state index in [1.165, 1.54) is 0 Å². The molecule has 2 heterocycles. The summed E-state index contributed by atoms with van der Waals surface area (Å²) in [5, 5.41) is 11.3. The van der Waals surface area contributed by atoms with Gasteiger partial charge in [-0.2, -0.15) is 13.2 Å². The lowest BCUT2D eigenvalue weighted by atomic mass is 9.96. The van der Waals surface area contributed by atoms with Crippen molar-refractivity contribution in [2.24, 2.45) is 5.92 Å². The number of anilines is 1. The first-order valence-corrected chi connectivity index (χ1v) is 13.1. The third-order valence-electron chi connectivity index (χ3n) is 6.96. The monoisotopic (exact) mass is 560 g/mol. The number of carboxylic acids is 1. The summed E-state index contributed by atoms with van der Waals surface area (Å²) in [6, 6.07) is 15.6. The lowest BCUT2D eigenvalue weighted by Crippen LogP contribution is -2.44. The molecule has 1 aliphatic heterocycles. The summed E-state index contributed by atoms with van der Waals surface area (Å²) >= 11 is 0. The molecule has 40 heavy (non-hydrogen) atoms. The lowest BCUT2D eigenvalue weighted by molar-refractivity contribution is -0.192. The summed E-state index contributed by atoms with van der Waals surface area (Å²) in [5.41, 5.74) is 3.33. The number of likely N-dealkylation sites (tertiary alicyclic amines) is 1. The number of hydrogen-bond acceptors (Lipinski definition) is 4. The topological polar surface area (TPSA) is 106 Å². The van der Waals surface area contributed by atoms with Crippen molar-refractivity contribution < 1.29 is 32.7 Å². The van der Waals surface area contributed by atoms with Gasteiger partial charge in [0, 0.05) is 40.9 Å². The number of H-pyrrole nitrogens is 1. The standard InChI is InChI=1S/C27H34N4O2.C2HF3O2/c1-19(2)30-13-11-21(12-14-30)17-29-26(32)18-31(23-7-5-4-6-8-23)27(33)22-9-10-24-20(3)16-28-25(24)15-22;3-2(4,5)1(6)7/h4-10,15-16,19,21,28H,11-14,17-18H2,1-3H3,(H,29,32);(H,6,7). The molecular weight excluding hydrogens is 525 g/mol. The highest BCUT2D eigenvalue weighted by atomic mass is 19.4. The first-order valence-electron chi connectivity index (χ1n) is 13.1. The van der Waals surface area contributed by atoms with E-state index in [9.17, 15) is 22.8 Å². The molecule has 2 aromatic carbocycles. The zero-order valence-corrected chi connectivity index (χ0v) is 22.8. The molecule has 2 amide bonds. The van der Waals surface area contributed by atoms with Crippen molar-refractivity contribution in [3.63, 3.8) is 0 Å². The van der Waals surface area contributed by atoms with E-state index in [0.717, 1.165) is 42.4 Å². The number of aromatic nitrogens is 1. The van der Waals surface area contributed by atoms with Gasteiger partial charge in [-0.25, -0.2) is 4.79 Å². The maximum absolute atomic E-state index is 13.5. The number of aliphatic carboxylic acids is 1. The van der Waals surface area contributed by atoms with Crippen molar-refractivity contribution >= 4 is 34.4 Å². The van der Waals surface area contributed by atoms with E-state index in [-0.39, 0.29) is 18.4 Å². The molecule has 1 aliphatic rings. The van der Waals surface area contributed by atoms with Gasteiger partial charge >= 0.3 is 12.1 Å². The van der Waals surface area contributed by atoms with Crippen LogP contribution in [0.4, 0.5) is 18.9 Å². The van der Waals surface area contributed by atoms with E-state index in [1.54, 1.807) is 4.90 Å². The van der Waals surface area contributed by atoms with E-state index in [4.69, 9.17) is 9.90 Å². The third kappa shape index (κ3) is 8.32. The number of halogens is 3. The minimum atomic E-state index is -5.08. The van der Waals surface area contributed by atoms with Crippen LogP contribution in [0.1, 0.15) is 42.6 Å². The fourth-order valence-corrected chi connectivity index (χ4v) is 4.58. The lowest BCUT2D eigenvalue weighted by Gasteiger charge is -2.34. The summed E-state index contributed by atoms with van der Waals surface area (Å²) in [5.74, 6) is -2.58. The average Bonchev–Trinajstić information content (AvgIpc) is 3.30. The molecule has 0 saturated carbocycles. The number of carbonyl (C=O) groups excluding carboxylic acids is 2. The minimum Gasteiger partial charge on any atom is -0.475 e. The predicted molar refractivity (Wildman–Crippen MR) is 147 cm³/mol. The molecule has 0 aliphatic carbocycles. The smallest absolute Gasteiger partial charge is 0.475 e. The Balaban J connectivity index is 0.000000559. The maximum Gasteiger partial charge on any atom is 0.490 e. The van der Waals surface area contributed by atoms with Crippen LogP contribution in [-0.4, -0.2) is 71.2 Å². The SMILES string of the molecule is Cc1c[nH]c2cc(C(=O)N(CC(=O)NCC3CCN(C(C)C)CC3)c3ccccc3)ccc12.O=C(O)C(F)(F)F. The molecule has 0 bridgehead atoms. The van der Waals surface area contributed by atoms with Crippen LogP contribution < -0.4 is 10.2 Å². The molecule has 4 rings (SSSR count). The Bertz CT molecular complexity index is 1300. The van der Waals surface area contributed by atoms with Gasteiger partial charge in [0.05, 0.1) is 0 Å². The van der Waals surface area contributed by atoms with Gasteiger partial charge in [-0.05, 0) is 82.4 Å². The Kier molecular flexibility index (Phi) is 10.3. The number of carboxylic acid groups (broad SMARTS) is 1. The van der Waals surface area contributed by atoms with Crippen molar-refractivity contribution in [3.05, 3.63) is 65.9 Å². The number of aryl methyl sites for hydroxylation is 1. The molecule has 0 radical (unpaired) electrons. The van der Waals surface area contributed by atoms with E-state index in [2.05, 4.69) is 29.0 Å². The van der Waals surface area contributed by atoms with Gasteiger partial charge < -0.3 is 20.3 Å². The number of amides is 2. The highest BCUT2D eigenvalue weighted by Crippen LogP contribution is 2.22. The van der Waals surface area contributed by atoms with Crippen LogP contribution >= 0.6 is 0 Å². The first kappa shape index (κ1) is 30.7.